The smallest absolute Gasteiger partial charge is 0.0659 e. The van der Waals surface area contributed by atoms with E-state index in [0.29, 0.717) is 0 Å². The Bertz CT molecular complexity index is 1080. The molecule has 0 atom stereocenters. The van der Waals surface area contributed by atoms with Crippen LogP contribution in [0, 0.1) is 0 Å². The molecule has 5 rings (SSSR count). The number of aromatic amines is 2. The molecule has 119 valence electrons. The molecule has 8 bridgehead atoms. The van der Waals surface area contributed by atoms with Crippen molar-refractivity contribution >= 4 is 46.4 Å². The van der Waals surface area contributed by atoms with Crippen LogP contribution in [0.5, 0.6) is 0 Å². The molecule has 5 heteroatoms. The van der Waals surface area contributed by atoms with Gasteiger partial charge in [0.2, 0.25) is 0 Å². The van der Waals surface area contributed by atoms with E-state index in [0.717, 1.165) is 44.8 Å². The van der Waals surface area contributed by atoms with Crippen LogP contribution in [0.3, 0.4) is 0 Å². The van der Waals surface area contributed by atoms with E-state index >= 15 is 0 Å². The zero-order chi connectivity index (χ0) is 15.9. The quantitative estimate of drug-likeness (QED) is 0.332. The second-order valence-electron chi connectivity index (χ2n) is 5.91. The summed E-state index contributed by atoms with van der Waals surface area (Å²) in [5.41, 5.74) is 7.86. The number of hydrogen-bond donors (Lipinski definition) is 2. The largest absolute Gasteiger partial charge is 0.355 e. The average molecular weight is 491 g/mol. The molecule has 2 aliphatic heterocycles. The van der Waals surface area contributed by atoms with Gasteiger partial charge in [-0.25, -0.2) is 9.97 Å². The van der Waals surface area contributed by atoms with Crippen LogP contribution in [0.1, 0.15) is 22.8 Å². The summed E-state index contributed by atoms with van der Waals surface area (Å²) in [4.78, 5) is 16.0. The van der Waals surface area contributed by atoms with E-state index in [9.17, 15) is 0 Å². The molecule has 3 aromatic heterocycles. The minimum absolute atomic E-state index is 0. The third-order valence-corrected chi connectivity index (χ3v) is 4.04. The van der Waals surface area contributed by atoms with Crippen molar-refractivity contribution < 1.29 is 22.4 Å². The van der Waals surface area contributed by atoms with Crippen molar-refractivity contribution in [3.8, 4) is 0 Å². The normalized spacial score (nSPS) is 12.2. The predicted molar refractivity (Wildman–Crippen MR) is 98.9 cm³/mol. The van der Waals surface area contributed by atoms with Crippen LogP contribution in [-0.2, 0) is 22.4 Å². The maximum absolute atomic E-state index is 4.62. The van der Waals surface area contributed by atoms with Crippen LogP contribution in [0.2, 0.25) is 0 Å². The van der Waals surface area contributed by atoms with Crippen molar-refractivity contribution in [3.05, 3.63) is 71.3 Å². The van der Waals surface area contributed by atoms with Crippen LogP contribution in [-0.4, -0.2) is 19.9 Å². The van der Waals surface area contributed by atoms with Crippen molar-refractivity contribution in [1.82, 2.24) is 19.9 Å². The van der Waals surface area contributed by atoms with Crippen LogP contribution in [0.15, 0.2) is 48.5 Å². The van der Waals surface area contributed by atoms with Gasteiger partial charge >= 0.3 is 0 Å². The first kappa shape index (κ1) is 15.8. The van der Waals surface area contributed by atoms with Crippen molar-refractivity contribution in [2.45, 2.75) is 0 Å². The van der Waals surface area contributed by atoms with E-state index in [1.807, 2.05) is 42.5 Å². The molecule has 0 spiro atoms. The number of aromatic nitrogens is 4. The van der Waals surface area contributed by atoms with E-state index in [2.05, 4.69) is 50.3 Å². The Morgan fingerprint density at radius 2 is 0.840 bits per heavy atom. The van der Waals surface area contributed by atoms with Gasteiger partial charge < -0.3 is 9.97 Å². The molecule has 2 N–H and O–H groups in total. The minimum Gasteiger partial charge on any atom is -0.355 e. The number of fused-ring (bicyclic) bond motifs is 8. The third-order valence-electron chi connectivity index (χ3n) is 4.04. The maximum atomic E-state index is 4.62. The third kappa shape index (κ3) is 3.28. The number of H-pyrrole nitrogens is 2. The molecule has 0 aliphatic carbocycles. The van der Waals surface area contributed by atoms with Crippen LogP contribution < -0.4 is 0 Å². The summed E-state index contributed by atoms with van der Waals surface area (Å²) >= 11 is 0. The first-order valence-corrected chi connectivity index (χ1v) is 7.85. The van der Waals surface area contributed by atoms with Crippen molar-refractivity contribution in [2.24, 2.45) is 0 Å². The van der Waals surface area contributed by atoms with E-state index < -0.39 is 0 Å². The molecule has 0 saturated carbocycles. The van der Waals surface area contributed by atoms with Crippen LogP contribution >= 0.6 is 0 Å². The molecule has 5 heterocycles. The molecule has 2 aliphatic rings. The van der Waals surface area contributed by atoms with E-state index in [-0.39, 0.29) is 22.4 Å². The number of nitrogens with zero attached hydrogens (tertiary/aromatic N) is 2. The van der Waals surface area contributed by atoms with Crippen molar-refractivity contribution in [1.29, 1.82) is 0 Å². The second-order valence-corrected chi connectivity index (χ2v) is 5.91. The van der Waals surface area contributed by atoms with Crippen molar-refractivity contribution in [2.75, 3.05) is 0 Å². The summed E-state index contributed by atoms with van der Waals surface area (Å²) in [6, 6.07) is 16.4. The Balaban J connectivity index is 0.00000157. The van der Waals surface area contributed by atoms with Gasteiger partial charge in [0, 0.05) is 44.4 Å². The first-order chi connectivity index (χ1) is 11.8. The van der Waals surface area contributed by atoms with Gasteiger partial charge in [0.15, 0.2) is 0 Å². The molecular weight excluding hydrogens is 477 g/mol. The number of nitrogens with one attached hydrogen (secondary N) is 2. The Kier molecular flexibility index (Phi) is 4.01. The molecule has 0 aromatic carbocycles. The molecule has 0 amide bonds. The molecule has 0 fully saturated rings. The van der Waals surface area contributed by atoms with Gasteiger partial charge in [-0.3, -0.25) is 0 Å². The molecule has 1 radical (unpaired) electrons. The SMILES string of the molecule is C1=Cc2cc3ccc(cc4ccc(cc5nc(cc1n2)C=C5)[nH]4)[nH]3.[Ta]. The molecule has 3 aromatic rings. The van der Waals surface area contributed by atoms with Gasteiger partial charge in [0.1, 0.15) is 0 Å². The topological polar surface area (TPSA) is 57.4 Å². The van der Waals surface area contributed by atoms with Gasteiger partial charge in [-0.05, 0) is 72.8 Å². The molecule has 4 nitrogen and oxygen atoms in total. The van der Waals surface area contributed by atoms with Gasteiger partial charge in [-0.1, -0.05) is 0 Å². The summed E-state index contributed by atoms with van der Waals surface area (Å²) < 4.78 is 0. The minimum atomic E-state index is 0. The summed E-state index contributed by atoms with van der Waals surface area (Å²) in [6.07, 6.45) is 8.05. The van der Waals surface area contributed by atoms with Gasteiger partial charge in [-0.15, -0.1) is 0 Å². The van der Waals surface area contributed by atoms with E-state index in [1.54, 1.807) is 0 Å². The number of hydrogen-bond acceptors (Lipinski definition) is 2. The Morgan fingerprint density at radius 1 is 0.480 bits per heavy atom. The summed E-state index contributed by atoms with van der Waals surface area (Å²) in [5.74, 6) is 0. The standard InChI is InChI=1S/C20H14N4.Ta/c1-2-14-10-16-5-6-18(23-16)12-20-8-7-19(24-20)11-17-4-3-15(22-17)9-13(1)21-14;/h1-12,21-22H;. The zero-order valence-corrected chi connectivity index (χ0v) is 16.5. The second kappa shape index (κ2) is 6.33. The first-order valence-electron chi connectivity index (χ1n) is 7.85. The fourth-order valence-corrected chi connectivity index (χ4v) is 2.94. The molecule has 25 heavy (non-hydrogen) atoms. The Morgan fingerprint density at radius 3 is 1.28 bits per heavy atom. The fraction of sp³-hybridized carbons (Fsp3) is 0. The summed E-state index contributed by atoms with van der Waals surface area (Å²) in [6.45, 7) is 0. The van der Waals surface area contributed by atoms with Crippen molar-refractivity contribution in [3.63, 3.8) is 0 Å². The summed E-state index contributed by atoms with van der Waals surface area (Å²) in [5, 5.41) is 0. The predicted octanol–water partition coefficient (Wildman–Crippen LogP) is 4.65. The van der Waals surface area contributed by atoms with Gasteiger partial charge in [0.05, 0.1) is 22.8 Å². The van der Waals surface area contributed by atoms with Crippen LogP contribution in [0.4, 0.5) is 0 Å². The van der Waals surface area contributed by atoms with Gasteiger partial charge in [-0.2, -0.15) is 0 Å². The fourth-order valence-electron chi connectivity index (χ4n) is 2.94. The van der Waals surface area contributed by atoms with Crippen LogP contribution in [0.25, 0.3) is 46.4 Å². The maximum Gasteiger partial charge on any atom is 0.0659 e. The summed E-state index contributed by atoms with van der Waals surface area (Å²) in [7, 11) is 0. The zero-order valence-electron chi connectivity index (χ0n) is 13.3. The monoisotopic (exact) mass is 491 g/mol. The number of rotatable bonds is 0. The molecule has 0 unspecified atom stereocenters. The van der Waals surface area contributed by atoms with E-state index in [1.165, 1.54) is 0 Å². The molecular formula is C20H14N4Ta. The van der Waals surface area contributed by atoms with E-state index in [4.69, 9.17) is 0 Å². The Labute approximate surface area is 159 Å². The average Bonchev–Trinajstić information content (AvgIpc) is 3.32. The van der Waals surface area contributed by atoms with Gasteiger partial charge in [0.25, 0.3) is 0 Å². The Hall–Kier alpha value is -2.66. The molecule has 0 saturated heterocycles.